The van der Waals surface area contributed by atoms with Crippen LogP contribution in [0.5, 0.6) is 0 Å². The largest absolute Gasteiger partial charge is 0.472 e. The molecule has 0 spiro atoms. The molecule has 4 rings (SSSR count). The average molecular weight is 743 g/mol. The van der Waals surface area contributed by atoms with E-state index < -0.39 is 13.4 Å². The molecule has 10 nitrogen and oxygen atoms in total. The van der Waals surface area contributed by atoms with Gasteiger partial charge in [-0.05, 0) is 56.7 Å². The van der Waals surface area contributed by atoms with E-state index in [9.17, 15) is 9.46 Å². The van der Waals surface area contributed by atoms with Crippen molar-refractivity contribution in [2.45, 2.75) is 154 Å². The SMILES string of the molecule is CCCCCCCCCCCCCCCCCCOCC(CCc1ccccc1)COP(=O)(O)OC[C@]1(C)CCC(c2ccc3c(N)ncnn23)O1. The molecule has 11 heteroatoms. The number of hydrogen-bond acceptors (Lipinski definition) is 8. The fraction of sp³-hybridized carbons (Fsp3) is 0.707. The van der Waals surface area contributed by atoms with E-state index in [0.29, 0.717) is 31.9 Å². The van der Waals surface area contributed by atoms with Crippen LogP contribution in [-0.4, -0.2) is 51.5 Å². The monoisotopic (exact) mass is 742 g/mol. The number of unbranched alkanes of at least 4 members (excludes halogenated alkanes) is 15. The number of fused-ring (bicyclic) bond motifs is 1. The second-order valence-electron chi connectivity index (χ2n) is 15.1. The van der Waals surface area contributed by atoms with Gasteiger partial charge in [-0.15, -0.1) is 0 Å². The third kappa shape index (κ3) is 15.6. The molecule has 1 fully saturated rings. The summed E-state index contributed by atoms with van der Waals surface area (Å²) in [5.41, 5.74) is 8.04. The van der Waals surface area contributed by atoms with Crippen LogP contribution in [0.2, 0.25) is 0 Å². The van der Waals surface area contributed by atoms with Gasteiger partial charge in [0.05, 0.1) is 31.1 Å². The number of nitrogens with two attached hydrogens (primary N) is 1. The van der Waals surface area contributed by atoms with Crippen molar-refractivity contribution in [2.75, 3.05) is 32.2 Å². The molecular weight excluding hydrogens is 675 g/mol. The molecule has 0 saturated carbocycles. The third-order valence-corrected chi connectivity index (χ3v) is 11.3. The second kappa shape index (κ2) is 23.5. The summed E-state index contributed by atoms with van der Waals surface area (Å²) in [4.78, 5) is 14.7. The summed E-state index contributed by atoms with van der Waals surface area (Å²) in [7, 11) is -4.32. The minimum atomic E-state index is -4.32. The molecule has 0 radical (unpaired) electrons. The van der Waals surface area contributed by atoms with Crippen molar-refractivity contribution in [2.24, 2.45) is 5.92 Å². The molecule has 292 valence electrons. The van der Waals surface area contributed by atoms with Crippen molar-refractivity contribution in [1.82, 2.24) is 14.6 Å². The molecule has 2 aromatic heterocycles. The van der Waals surface area contributed by atoms with E-state index in [1.54, 1.807) is 4.52 Å². The van der Waals surface area contributed by atoms with E-state index in [1.807, 2.05) is 37.3 Å². The number of ether oxygens (including phenoxy) is 2. The molecule has 3 unspecified atom stereocenters. The second-order valence-corrected chi connectivity index (χ2v) is 16.6. The van der Waals surface area contributed by atoms with Crippen molar-refractivity contribution >= 4 is 19.2 Å². The van der Waals surface area contributed by atoms with Gasteiger partial charge < -0.3 is 20.1 Å². The van der Waals surface area contributed by atoms with E-state index in [0.717, 1.165) is 30.5 Å². The zero-order chi connectivity index (χ0) is 36.9. The topological polar surface area (TPSA) is 130 Å². The van der Waals surface area contributed by atoms with Gasteiger partial charge in [0, 0.05) is 12.5 Å². The Balaban J connectivity index is 1.09. The smallest absolute Gasteiger partial charge is 0.382 e. The van der Waals surface area contributed by atoms with Crippen LogP contribution < -0.4 is 5.73 Å². The average Bonchev–Trinajstić information content (AvgIpc) is 3.76. The number of phosphoric ester groups is 1. The number of phosphoric acid groups is 1. The van der Waals surface area contributed by atoms with Gasteiger partial charge >= 0.3 is 7.82 Å². The summed E-state index contributed by atoms with van der Waals surface area (Å²) >= 11 is 0. The van der Waals surface area contributed by atoms with Crippen molar-refractivity contribution < 1.29 is 28.0 Å². The van der Waals surface area contributed by atoms with Crippen LogP contribution in [0.25, 0.3) is 5.52 Å². The normalized spacial score (nSPS) is 19.3. The first-order valence-electron chi connectivity index (χ1n) is 20.3. The van der Waals surface area contributed by atoms with Gasteiger partial charge in [-0.3, -0.25) is 9.05 Å². The number of anilines is 1. The van der Waals surface area contributed by atoms with Gasteiger partial charge in [0.25, 0.3) is 0 Å². The van der Waals surface area contributed by atoms with Gasteiger partial charge in [-0.2, -0.15) is 5.10 Å². The fourth-order valence-corrected chi connectivity index (χ4v) is 8.03. The Labute approximate surface area is 313 Å². The highest BCUT2D eigenvalue weighted by Crippen LogP contribution is 2.47. The summed E-state index contributed by atoms with van der Waals surface area (Å²) in [5.74, 6) is 0.363. The van der Waals surface area contributed by atoms with Crippen LogP contribution in [0, 0.1) is 5.92 Å². The predicted molar refractivity (Wildman–Crippen MR) is 209 cm³/mol. The quantitative estimate of drug-likeness (QED) is 0.0527. The molecule has 0 aliphatic carbocycles. The molecule has 0 amide bonds. The number of nitrogen functional groups attached to an aromatic ring is 1. The highest BCUT2D eigenvalue weighted by atomic mass is 31.2. The van der Waals surface area contributed by atoms with E-state index in [-0.39, 0.29) is 25.2 Å². The predicted octanol–water partition coefficient (Wildman–Crippen LogP) is 10.6. The Bertz CT molecular complexity index is 1440. The maximum absolute atomic E-state index is 13.0. The number of aryl methyl sites for hydroxylation is 1. The molecule has 3 N–H and O–H groups in total. The number of benzene rings is 1. The van der Waals surface area contributed by atoms with Crippen LogP contribution >= 0.6 is 7.82 Å². The number of rotatable bonds is 29. The summed E-state index contributed by atoms with van der Waals surface area (Å²) in [5, 5.41) is 4.32. The molecule has 52 heavy (non-hydrogen) atoms. The Kier molecular flexibility index (Phi) is 19.1. The lowest BCUT2D eigenvalue weighted by Gasteiger charge is -2.26. The van der Waals surface area contributed by atoms with E-state index in [1.165, 1.54) is 108 Å². The number of nitrogens with zero attached hydrogens (tertiary/aromatic N) is 3. The lowest BCUT2D eigenvalue weighted by molar-refractivity contribution is -0.0644. The van der Waals surface area contributed by atoms with Gasteiger partial charge in [0.2, 0.25) is 0 Å². The van der Waals surface area contributed by atoms with Crippen molar-refractivity contribution in [3.63, 3.8) is 0 Å². The maximum atomic E-state index is 13.0. The van der Waals surface area contributed by atoms with Crippen LogP contribution in [0.15, 0.2) is 48.8 Å². The zero-order valence-corrected chi connectivity index (χ0v) is 33.0. The highest BCUT2D eigenvalue weighted by molar-refractivity contribution is 7.47. The first-order valence-corrected chi connectivity index (χ1v) is 21.8. The summed E-state index contributed by atoms with van der Waals surface area (Å²) < 4.78 is 38.3. The Hall–Kier alpha value is -2.33. The van der Waals surface area contributed by atoms with E-state index >= 15 is 0 Å². The molecule has 3 aromatic rings. The minimum absolute atomic E-state index is 0.0369. The van der Waals surface area contributed by atoms with Gasteiger partial charge in [0.15, 0.2) is 5.82 Å². The van der Waals surface area contributed by atoms with Crippen LogP contribution in [0.1, 0.15) is 153 Å². The van der Waals surface area contributed by atoms with Crippen LogP contribution in [0.4, 0.5) is 5.82 Å². The standard InChI is InChI=1S/C41H67N4O6P/c1-3-4-5-6-7-8-9-10-11-12-13-14-15-16-17-21-30-48-31-36(25-24-35-22-19-18-20-23-35)32-49-52(46,47)50-33-41(2)29-28-39(51-41)37-26-27-38-40(42)43-34-44-45(37)38/h18-20,22-23,26-27,34,36,39H,3-17,21,24-25,28-33H2,1-2H3,(H,46,47)(H2,42,43,44)/t36?,39?,41-/m0/s1. The highest BCUT2D eigenvalue weighted by Gasteiger charge is 2.40. The number of hydrogen-bond donors (Lipinski definition) is 2. The molecule has 1 aliphatic rings. The first-order chi connectivity index (χ1) is 25.3. The van der Waals surface area contributed by atoms with Crippen LogP contribution in [0.3, 0.4) is 0 Å². The van der Waals surface area contributed by atoms with Gasteiger partial charge in [-0.1, -0.05) is 134 Å². The molecule has 0 bridgehead atoms. The van der Waals surface area contributed by atoms with Crippen LogP contribution in [-0.2, 0) is 29.5 Å². The molecule has 1 aromatic carbocycles. The Morgan fingerprint density at radius 2 is 1.54 bits per heavy atom. The molecule has 1 aliphatic heterocycles. The molecule has 1 saturated heterocycles. The third-order valence-electron chi connectivity index (χ3n) is 10.4. The molecular formula is C41H67N4O6P. The van der Waals surface area contributed by atoms with Crippen molar-refractivity contribution in [3.05, 3.63) is 60.0 Å². The first kappa shape index (κ1) is 42.4. The Morgan fingerprint density at radius 3 is 2.19 bits per heavy atom. The molecule has 3 heterocycles. The van der Waals surface area contributed by atoms with Gasteiger partial charge in [0.1, 0.15) is 17.9 Å². The Morgan fingerprint density at radius 1 is 0.904 bits per heavy atom. The van der Waals surface area contributed by atoms with E-state index in [4.69, 9.17) is 24.3 Å². The maximum Gasteiger partial charge on any atom is 0.472 e. The van der Waals surface area contributed by atoms with Crippen molar-refractivity contribution in [1.29, 1.82) is 0 Å². The summed E-state index contributed by atoms with van der Waals surface area (Å²) in [6.07, 6.45) is 25.6. The minimum Gasteiger partial charge on any atom is -0.382 e. The lowest BCUT2D eigenvalue weighted by Crippen LogP contribution is -2.30. The van der Waals surface area contributed by atoms with Crippen molar-refractivity contribution in [3.8, 4) is 0 Å². The summed E-state index contributed by atoms with van der Waals surface area (Å²) in [6, 6.07) is 14.1. The summed E-state index contributed by atoms with van der Waals surface area (Å²) in [6.45, 7) is 5.36. The molecule has 4 atom stereocenters. The zero-order valence-electron chi connectivity index (χ0n) is 32.1. The van der Waals surface area contributed by atoms with Gasteiger partial charge in [-0.25, -0.2) is 14.1 Å². The van der Waals surface area contributed by atoms with E-state index in [2.05, 4.69) is 29.1 Å². The number of aromatic nitrogens is 3. The fourth-order valence-electron chi connectivity index (χ4n) is 7.12. The lowest BCUT2D eigenvalue weighted by atomic mass is 10.0.